The van der Waals surface area contributed by atoms with Gasteiger partial charge in [-0.15, -0.1) is 0 Å². The highest BCUT2D eigenvalue weighted by atomic mass is 32.2. The van der Waals surface area contributed by atoms with Crippen LogP contribution in [0.5, 0.6) is 5.75 Å². The predicted molar refractivity (Wildman–Crippen MR) is 117 cm³/mol. The van der Waals surface area contributed by atoms with Crippen molar-refractivity contribution in [1.29, 1.82) is 0 Å². The third-order valence-electron chi connectivity index (χ3n) is 3.67. The standard InChI is InChI=1S/C14H17F3O5S.C8H9NO2/c1-13(2,3)21-12(18)9-6-10-4-7-11(8-5-10)22-23(19,20)14(15,16)17;9-8(10)11-6-7-4-2-1-3-5-7/h4-5,7-8H,6,9H2,1-3H3;1-5H,6H2,(H2,9,10). The molecule has 0 spiro atoms. The quantitative estimate of drug-likeness (QED) is 0.335. The topological polar surface area (TPSA) is 122 Å². The number of halogens is 3. The van der Waals surface area contributed by atoms with Crippen LogP contribution in [0.15, 0.2) is 54.6 Å². The van der Waals surface area contributed by atoms with E-state index in [4.69, 9.17) is 10.5 Å². The molecule has 2 N–H and O–H groups in total. The van der Waals surface area contributed by atoms with Gasteiger partial charge in [0.2, 0.25) is 0 Å². The summed E-state index contributed by atoms with van der Waals surface area (Å²) in [5, 5.41) is 0. The molecule has 0 heterocycles. The lowest BCUT2D eigenvalue weighted by atomic mass is 10.1. The van der Waals surface area contributed by atoms with Crippen LogP contribution in [0.2, 0.25) is 0 Å². The van der Waals surface area contributed by atoms with Crippen molar-refractivity contribution in [2.24, 2.45) is 5.73 Å². The van der Waals surface area contributed by atoms with Crippen molar-refractivity contribution < 1.29 is 44.8 Å². The molecule has 0 saturated carbocycles. The summed E-state index contributed by atoms with van der Waals surface area (Å²) in [5.74, 6) is -0.860. The van der Waals surface area contributed by atoms with Gasteiger partial charge in [-0.2, -0.15) is 21.6 Å². The molecular weight excluding hydrogens is 479 g/mol. The average molecular weight is 506 g/mol. The minimum Gasteiger partial charge on any atom is -0.460 e. The van der Waals surface area contributed by atoms with Crippen LogP contribution in [0.4, 0.5) is 18.0 Å². The Morgan fingerprint density at radius 3 is 1.94 bits per heavy atom. The first-order chi connectivity index (χ1) is 15.6. The van der Waals surface area contributed by atoms with Gasteiger partial charge in [-0.3, -0.25) is 4.79 Å². The van der Waals surface area contributed by atoms with Gasteiger partial charge in [0.15, 0.2) is 0 Å². The van der Waals surface area contributed by atoms with E-state index in [9.17, 15) is 31.2 Å². The smallest absolute Gasteiger partial charge is 0.460 e. The minimum absolute atomic E-state index is 0.0956. The molecule has 0 aromatic heterocycles. The summed E-state index contributed by atoms with van der Waals surface area (Å²) in [6.45, 7) is 5.45. The number of carbonyl (C=O) groups excluding carboxylic acids is 2. The average Bonchev–Trinajstić information content (AvgIpc) is 2.71. The molecular formula is C22H26F3NO7S. The Labute approximate surface area is 195 Å². The molecule has 0 unspecified atom stereocenters. The van der Waals surface area contributed by atoms with Crippen LogP contribution < -0.4 is 9.92 Å². The van der Waals surface area contributed by atoms with Crippen LogP contribution in [-0.2, 0) is 37.4 Å². The van der Waals surface area contributed by atoms with E-state index >= 15 is 0 Å². The zero-order valence-corrected chi connectivity index (χ0v) is 19.6. The van der Waals surface area contributed by atoms with Crippen molar-refractivity contribution >= 4 is 22.2 Å². The van der Waals surface area contributed by atoms with Crippen molar-refractivity contribution in [2.75, 3.05) is 0 Å². The number of nitrogens with two attached hydrogens (primary N) is 1. The highest BCUT2D eigenvalue weighted by molar-refractivity contribution is 7.88. The molecule has 0 radical (unpaired) electrons. The summed E-state index contributed by atoms with van der Waals surface area (Å²) in [5.41, 5.74) is 0.267. The fourth-order valence-electron chi connectivity index (χ4n) is 2.25. The maximum atomic E-state index is 12.2. The number of esters is 1. The summed E-state index contributed by atoms with van der Waals surface area (Å²) in [7, 11) is -5.68. The monoisotopic (exact) mass is 505 g/mol. The number of benzene rings is 2. The number of carbonyl (C=O) groups is 2. The van der Waals surface area contributed by atoms with E-state index in [-0.39, 0.29) is 13.0 Å². The number of amides is 1. The third kappa shape index (κ3) is 11.5. The van der Waals surface area contributed by atoms with Crippen molar-refractivity contribution in [3.63, 3.8) is 0 Å². The van der Waals surface area contributed by atoms with E-state index in [1.165, 1.54) is 12.1 Å². The number of alkyl halides is 3. The Morgan fingerprint density at radius 1 is 0.912 bits per heavy atom. The number of aryl methyl sites for hydroxylation is 1. The van der Waals surface area contributed by atoms with Gasteiger partial charge in [0, 0.05) is 6.42 Å². The zero-order chi connectivity index (χ0) is 26.0. The molecule has 0 aliphatic heterocycles. The molecule has 0 saturated heterocycles. The summed E-state index contributed by atoms with van der Waals surface area (Å²) >= 11 is 0. The Hall–Kier alpha value is -3.28. The molecule has 2 aromatic carbocycles. The summed E-state index contributed by atoms with van der Waals surface area (Å²) < 4.78 is 71.9. The first kappa shape index (κ1) is 28.8. The number of ether oxygens (including phenoxy) is 2. The fraction of sp³-hybridized carbons (Fsp3) is 0.364. The van der Waals surface area contributed by atoms with E-state index < -0.39 is 39.0 Å². The molecule has 8 nitrogen and oxygen atoms in total. The second-order valence-electron chi connectivity index (χ2n) is 7.81. The predicted octanol–water partition coefficient (Wildman–Crippen LogP) is 4.47. The molecule has 188 valence electrons. The van der Waals surface area contributed by atoms with Gasteiger partial charge >= 0.3 is 27.7 Å². The van der Waals surface area contributed by atoms with Gasteiger partial charge in [-0.25, -0.2) is 4.79 Å². The Kier molecular flexibility index (Phi) is 10.4. The Morgan fingerprint density at radius 2 is 1.47 bits per heavy atom. The summed E-state index contributed by atoms with van der Waals surface area (Å²) in [6, 6.07) is 14.3. The number of rotatable bonds is 7. The third-order valence-corrected chi connectivity index (χ3v) is 4.65. The number of hydrogen-bond acceptors (Lipinski definition) is 7. The molecule has 0 fully saturated rings. The van der Waals surface area contributed by atoms with Gasteiger partial charge in [0.05, 0.1) is 0 Å². The van der Waals surface area contributed by atoms with Crippen molar-refractivity contribution in [2.45, 2.75) is 51.3 Å². The lowest BCUT2D eigenvalue weighted by Crippen LogP contribution is -2.28. The van der Waals surface area contributed by atoms with E-state index in [1.807, 2.05) is 30.3 Å². The Balaban J connectivity index is 0.000000437. The largest absolute Gasteiger partial charge is 0.534 e. The highest BCUT2D eigenvalue weighted by Crippen LogP contribution is 2.27. The molecule has 12 heteroatoms. The zero-order valence-electron chi connectivity index (χ0n) is 18.8. The van der Waals surface area contributed by atoms with E-state index in [2.05, 4.69) is 8.92 Å². The van der Waals surface area contributed by atoms with Gasteiger partial charge in [-0.05, 0) is 50.5 Å². The first-order valence-electron chi connectivity index (χ1n) is 9.87. The van der Waals surface area contributed by atoms with E-state index in [0.717, 1.165) is 17.7 Å². The molecule has 0 bridgehead atoms. The molecule has 0 aliphatic rings. The lowest BCUT2D eigenvalue weighted by Gasteiger charge is -2.19. The molecule has 0 atom stereocenters. The fourth-order valence-corrected chi connectivity index (χ4v) is 2.71. The van der Waals surface area contributed by atoms with Crippen LogP contribution >= 0.6 is 0 Å². The van der Waals surface area contributed by atoms with E-state index in [1.54, 1.807) is 20.8 Å². The lowest BCUT2D eigenvalue weighted by molar-refractivity contribution is -0.154. The number of hydrogen-bond donors (Lipinski definition) is 1. The molecule has 2 rings (SSSR count). The summed E-state index contributed by atoms with van der Waals surface area (Å²) in [6.07, 6.45) is -0.339. The van der Waals surface area contributed by atoms with Crippen LogP contribution in [0.25, 0.3) is 0 Å². The molecule has 0 aliphatic carbocycles. The first-order valence-corrected chi connectivity index (χ1v) is 11.3. The van der Waals surface area contributed by atoms with Crippen molar-refractivity contribution in [3.8, 4) is 5.75 Å². The van der Waals surface area contributed by atoms with Crippen LogP contribution in [-0.4, -0.2) is 31.6 Å². The molecule has 1 amide bonds. The molecule has 2 aromatic rings. The van der Waals surface area contributed by atoms with Crippen LogP contribution in [0.1, 0.15) is 38.3 Å². The van der Waals surface area contributed by atoms with Gasteiger partial charge < -0.3 is 19.4 Å². The van der Waals surface area contributed by atoms with Crippen LogP contribution in [0, 0.1) is 0 Å². The van der Waals surface area contributed by atoms with Gasteiger partial charge in [0.25, 0.3) is 0 Å². The van der Waals surface area contributed by atoms with Crippen LogP contribution in [0.3, 0.4) is 0 Å². The number of primary amides is 1. The Bertz CT molecular complexity index is 1030. The van der Waals surface area contributed by atoms with Gasteiger partial charge in [0.1, 0.15) is 18.0 Å². The maximum absolute atomic E-state index is 12.2. The molecule has 34 heavy (non-hydrogen) atoms. The second-order valence-corrected chi connectivity index (χ2v) is 9.34. The second kappa shape index (κ2) is 12.3. The normalized spacial score (nSPS) is 11.6. The maximum Gasteiger partial charge on any atom is 0.534 e. The SMILES string of the molecule is CC(C)(C)OC(=O)CCc1ccc(OS(=O)(=O)C(F)(F)F)cc1.NC(=O)OCc1ccccc1. The summed E-state index contributed by atoms with van der Waals surface area (Å²) in [4.78, 5) is 21.7. The van der Waals surface area contributed by atoms with E-state index in [0.29, 0.717) is 12.0 Å². The van der Waals surface area contributed by atoms with Gasteiger partial charge in [-0.1, -0.05) is 42.5 Å². The van der Waals surface area contributed by atoms with Crippen molar-refractivity contribution in [1.82, 2.24) is 0 Å². The highest BCUT2D eigenvalue weighted by Gasteiger charge is 2.48. The van der Waals surface area contributed by atoms with Crippen molar-refractivity contribution in [3.05, 3.63) is 65.7 Å². The minimum atomic E-state index is -5.68.